The minimum Gasteiger partial charge on any atom is -0.276 e. The Morgan fingerprint density at radius 1 is 1.75 bits per heavy atom. The van der Waals surface area contributed by atoms with Gasteiger partial charge in [-0.3, -0.25) is 5.10 Å². The lowest BCUT2D eigenvalue weighted by atomic mass is 10.5. The van der Waals surface area contributed by atoms with E-state index >= 15 is 0 Å². The first-order valence-electron chi connectivity index (χ1n) is 2.18. The van der Waals surface area contributed by atoms with E-state index in [1.54, 1.807) is 11.3 Å². The molecule has 2 aromatic heterocycles. The van der Waals surface area contributed by atoms with Crippen molar-refractivity contribution in [2.45, 2.75) is 0 Å². The Bertz CT molecular complexity index is 232. The number of aromatic nitrogens is 2. The molecular weight excluding hydrogens is 120 g/mol. The van der Waals surface area contributed by atoms with Crippen LogP contribution in [-0.4, -0.2) is 10.2 Å². The van der Waals surface area contributed by atoms with Crippen LogP contribution >= 0.6 is 11.3 Å². The van der Waals surface area contributed by atoms with Crippen molar-refractivity contribution < 1.29 is 0 Å². The normalized spacial score (nSPS) is 10.5. The van der Waals surface area contributed by atoms with E-state index in [9.17, 15) is 0 Å². The SMILES string of the molecule is [c]1csc2[c]n[nH]c12. The lowest BCUT2D eigenvalue weighted by Crippen LogP contribution is -1.59. The van der Waals surface area contributed by atoms with Crippen molar-refractivity contribution in [3.63, 3.8) is 0 Å². The van der Waals surface area contributed by atoms with Gasteiger partial charge in [-0.15, -0.1) is 11.3 Å². The van der Waals surface area contributed by atoms with Gasteiger partial charge in [0.1, 0.15) is 6.20 Å². The van der Waals surface area contributed by atoms with E-state index in [0.29, 0.717) is 0 Å². The molecule has 2 radical (unpaired) electrons. The van der Waals surface area contributed by atoms with E-state index in [1.165, 1.54) is 0 Å². The van der Waals surface area contributed by atoms with Gasteiger partial charge >= 0.3 is 0 Å². The van der Waals surface area contributed by atoms with Crippen molar-refractivity contribution in [3.05, 3.63) is 17.6 Å². The number of thiophene rings is 1. The van der Waals surface area contributed by atoms with Crippen molar-refractivity contribution in [3.8, 4) is 0 Å². The number of nitrogens with zero attached hydrogens (tertiary/aromatic N) is 1. The zero-order valence-electron chi connectivity index (χ0n) is 3.93. The fourth-order valence-electron chi connectivity index (χ4n) is 0.572. The van der Waals surface area contributed by atoms with Gasteiger partial charge in [0.25, 0.3) is 0 Å². The number of aromatic amines is 1. The molecule has 0 unspecified atom stereocenters. The van der Waals surface area contributed by atoms with Crippen LogP contribution in [0, 0.1) is 12.3 Å². The Hall–Kier alpha value is -0.830. The minimum atomic E-state index is 0.954. The summed E-state index contributed by atoms with van der Waals surface area (Å²) < 4.78 is 1.05. The van der Waals surface area contributed by atoms with Gasteiger partial charge in [-0.25, -0.2) is 0 Å². The van der Waals surface area contributed by atoms with Crippen LogP contribution in [0.25, 0.3) is 10.2 Å². The van der Waals surface area contributed by atoms with Gasteiger partial charge in [-0.2, -0.15) is 5.10 Å². The number of rotatable bonds is 0. The maximum Gasteiger partial charge on any atom is 0.132 e. The number of hydrogen-bond donors (Lipinski definition) is 1. The highest BCUT2D eigenvalue weighted by Gasteiger charge is 1.92. The van der Waals surface area contributed by atoms with E-state index < -0.39 is 0 Å². The number of fused-ring (bicyclic) bond motifs is 1. The molecule has 2 rings (SSSR count). The second-order valence-electron chi connectivity index (χ2n) is 1.42. The van der Waals surface area contributed by atoms with E-state index in [0.717, 1.165) is 10.2 Å². The Labute approximate surface area is 50.2 Å². The first-order valence-corrected chi connectivity index (χ1v) is 3.06. The largest absolute Gasteiger partial charge is 0.276 e. The van der Waals surface area contributed by atoms with Crippen LogP contribution in [0.15, 0.2) is 5.38 Å². The van der Waals surface area contributed by atoms with E-state index in [1.807, 2.05) is 5.38 Å². The average molecular weight is 122 g/mol. The monoisotopic (exact) mass is 122 g/mol. The Morgan fingerprint density at radius 3 is 3.62 bits per heavy atom. The molecule has 0 amide bonds. The van der Waals surface area contributed by atoms with Crippen LogP contribution < -0.4 is 0 Å². The molecule has 0 aliphatic rings. The lowest BCUT2D eigenvalue weighted by molar-refractivity contribution is 1.11. The zero-order chi connectivity index (χ0) is 5.40. The molecule has 0 spiro atoms. The standard InChI is InChI=1S/C5H2N2S/c1-2-8-5-3-6-7-4(1)5/h2H,(H,6,7). The summed E-state index contributed by atoms with van der Waals surface area (Å²) in [7, 11) is 0. The molecule has 0 saturated carbocycles. The molecule has 0 aromatic carbocycles. The number of hydrogen-bond acceptors (Lipinski definition) is 2. The molecule has 0 aliphatic carbocycles. The van der Waals surface area contributed by atoms with Crippen LogP contribution in [-0.2, 0) is 0 Å². The molecule has 0 atom stereocenters. The lowest BCUT2D eigenvalue weighted by Gasteiger charge is -1.62. The zero-order valence-corrected chi connectivity index (χ0v) is 4.75. The molecule has 2 aromatic rings. The van der Waals surface area contributed by atoms with Crippen molar-refractivity contribution >= 4 is 21.6 Å². The molecular formula is C5H2N2S. The Morgan fingerprint density at radius 2 is 2.75 bits per heavy atom. The van der Waals surface area contributed by atoms with Gasteiger partial charge < -0.3 is 0 Å². The fourth-order valence-corrected chi connectivity index (χ4v) is 1.19. The average Bonchev–Trinajstić information content (AvgIpc) is 2.15. The van der Waals surface area contributed by atoms with Gasteiger partial charge in [-0.1, -0.05) is 0 Å². The predicted molar refractivity (Wildman–Crippen MR) is 31.6 cm³/mol. The van der Waals surface area contributed by atoms with Crippen molar-refractivity contribution in [1.82, 2.24) is 10.2 Å². The molecule has 0 saturated heterocycles. The molecule has 0 fully saturated rings. The van der Waals surface area contributed by atoms with Gasteiger partial charge in [0.2, 0.25) is 0 Å². The smallest absolute Gasteiger partial charge is 0.132 e. The summed E-state index contributed by atoms with van der Waals surface area (Å²) in [5.74, 6) is 0. The summed E-state index contributed by atoms with van der Waals surface area (Å²) >= 11 is 1.59. The number of H-pyrrole nitrogens is 1. The summed E-state index contributed by atoms with van der Waals surface area (Å²) in [6.07, 6.45) is 2.78. The second-order valence-corrected chi connectivity index (χ2v) is 2.30. The van der Waals surface area contributed by atoms with E-state index in [4.69, 9.17) is 0 Å². The predicted octanol–water partition coefficient (Wildman–Crippen LogP) is 1.22. The van der Waals surface area contributed by atoms with Gasteiger partial charge in [0.15, 0.2) is 0 Å². The van der Waals surface area contributed by atoms with Gasteiger partial charge in [0, 0.05) is 11.4 Å². The van der Waals surface area contributed by atoms with Crippen molar-refractivity contribution in [2.24, 2.45) is 0 Å². The molecule has 1 N–H and O–H groups in total. The number of nitrogens with one attached hydrogen (secondary N) is 1. The molecule has 2 heterocycles. The molecule has 8 heavy (non-hydrogen) atoms. The van der Waals surface area contributed by atoms with E-state index in [-0.39, 0.29) is 0 Å². The van der Waals surface area contributed by atoms with Crippen LogP contribution in [0.2, 0.25) is 0 Å². The topological polar surface area (TPSA) is 28.7 Å². The van der Waals surface area contributed by atoms with Crippen LogP contribution in [0.4, 0.5) is 0 Å². The third-order valence-corrected chi connectivity index (χ3v) is 1.70. The summed E-state index contributed by atoms with van der Waals surface area (Å²) in [6.45, 7) is 0. The second kappa shape index (κ2) is 1.32. The van der Waals surface area contributed by atoms with Crippen LogP contribution in [0.1, 0.15) is 0 Å². The third-order valence-electron chi connectivity index (χ3n) is 0.932. The van der Waals surface area contributed by atoms with Gasteiger partial charge in [0.05, 0.1) is 10.2 Å². The third kappa shape index (κ3) is 0.391. The quantitative estimate of drug-likeness (QED) is 0.559. The van der Waals surface area contributed by atoms with E-state index in [2.05, 4.69) is 22.5 Å². The highest BCUT2D eigenvalue weighted by Crippen LogP contribution is 2.14. The Balaban J connectivity index is 3.06. The fraction of sp³-hybridized carbons (Fsp3) is 0. The maximum atomic E-state index is 3.69. The first-order chi connectivity index (χ1) is 3.97. The highest BCUT2D eigenvalue weighted by atomic mass is 32.1. The maximum absolute atomic E-state index is 3.69. The summed E-state index contributed by atoms with van der Waals surface area (Å²) in [6, 6.07) is 2.97. The van der Waals surface area contributed by atoms with Crippen molar-refractivity contribution in [2.75, 3.05) is 0 Å². The first kappa shape index (κ1) is 4.09. The minimum absolute atomic E-state index is 0.954. The summed E-state index contributed by atoms with van der Waals surface area (Å²) in [4.78, 5) is 0. The molecule has 3 heteroatoms. The van der Waals surface area contributed by atoms with Gasteiger partial charge in [-0.05, 0) is 0 Å². The molecule has 0 bridgehead atoms. The highest BCUT2D eigenvalue weighted by molar-refractivity contribution is 7.17. The Kier molecular flexibility index (Phi) is 0.676. The molecule has 0 aliphatic heterocycles. The molecule has 2 nitrogen and oxygen atoms in total. The van der Waals surface area contributed by atoms with Crippen LogP contribution in [0.5, 0.6) is 0 Å². The summed E-state index contributed by atoms with van der Waals surface area (Å²) in [5.41, 5.74) is 0.954. The van der Waals surface area contributed by atoms with Crippen LogP contribution in [0.3, 0.4) is 0 Å². The molecule has 38 valence electrons. The van der Waals surface area contributed by atoms with Crippen molar-refractivity contribution in [1.29, 1.82) is 0 Å². The summed E-state index contributed by atoms with van der Waals surface area (Å²) in [5, 5.41) is 8.33.